The molecular formula is C13H16N2O4. The van der Waals surface area contributed by atoms with Crippen LogP contribution < -0.4 is 5.32 Å². The summed E-state index contributed by atoms with van der Waals surface area (Å²) in [6.07, 6.45) is 2.42. The topological polar surface area (TPSA) is 92.5 Å². The zero-order valence-electron chi connectivity index (χ0n) is 10.4. The molecule has 6 heteroatoms. The van der Waals surface area contributed by atoms with Crippen molar-refractivity contribution in [2.75, 3.05) is 0 Å². The number of carbonyl (C=O) groups excluding carboxylic acids is 1. The van der Waals surface area contributed by atoms with Gasteiger partial charge in [0.2, 0.25) is 0 Å². The first-order valence-electron chi connectivity index (χ1n) is 6.30. The molecule has 0 aliphatic heterocycles. The molecule has 102 valence electrons. The number of rotatable bonds is 3. The van der Waals surface area contributed by atoms with E-state index < -0.39 is 10.8 Å². The van der Waals surface area contributed by atoms with Crippen molar-refractivity contribution in [3.8, 4) is 0 Å². The van der Waals surface area contributed by atoms with Gasteiger partial charge in [0.25, 0.3) is 11.6 Å². The molecule has 0 atom stereocenters. The van der Waals surface area contributed by atoms with Gasteiger partial charge in [-0.25, -0.2) is 0 Å². The fourth-order valence-electron chi connectivity index (χ4n) is 2.31. The Labute approximate surface area is 110 Å². The highest BCUT2D eigenvalue weighted by atomic mass is 16.6. The van der Waals surface area contributed by atoms with Crippen LogP contribution in [-0.2, 0) is 0 Å². The lowest BCUT2D eigenvalue weighted by Gasteiger charge is -2.26. The van der Waals surface area contributed by atoms with Gasteiger partial charge >= 0.3 is 0 Å². The SMILES string of the molecule is O=C(NC1CCC(O)CC1)c1ccccc1[N+](=O)[O-]. The number of nitrogens with one attached hydrogen (secondary N) is 1. The molecule has 1 saturated carbocycles. The molecule has 0 saturated heterocycles. The van der Waals surface area contributed by atoms with E-state index in [1.807, 2.05) is 0 Å². The summed E-state index contributed by atoms with van der Waals surface area (Å²) in [5.74, 6) is -0.423. The molecule has 0 unspecified atom stereocenters. The van der Waals surface area contributed by atoms with Gasteiger partial charge in [0, 0.05) is 12.1 Å². The van der Waals surface area contributed by atoms with E-state index in [4.69, 9.17) is 0 Å². The molecule has 6 nitrogen and oxygen atoms in total. The number of amides is 1. The summed E-state index contributed by atoms with van der Waals surface area (Å²) in [5, 5.41) is 23.0. The van der Waals surface area contributed by atoms with Crippen LogP contribution in [0.4, 0.5) is 5.69 Å². The van der Waals surface area contributed by atoms with Crippen LogP contribution in [0.15, 0.2) is 24.3 Å². The smallest absolute Gasteiger partial charge is 0.282 e. The zero-order valence-corrected chi connectivity index (χ0v) is 10.4. The lowest BCUT2D eigenvalue weighted by Crippen LogP contribution is -2.38. The van der Waals surface area contributed by atoms with E-state index in [2.05, 4.69) is 5.32 Å². The first kappa shape index (κ1) is 13.5. The highest BCUT2D eigenvalue weighted by Gasteiger charge is 2.24. The number of aliphatic hydroxyl groups excluding tert-OH is 1. The normalized spacial score (nSPS) is 22.8. The number of nitro benzene ring substituents is 1. The molecule has 1 aliphatic carbocycles. The van der Waals surface area contributed by atoms with Gasteiger partial charge in [-0.3, -0.25) is 14.9 Å². The van der Waals surface area contributed by atoms with Crippen LogP contribution in [-0.4, -0.2) is 28.1 Å². The van der Waals surface area contributed by atoms with E-state index in [9.17, 15) is 20.0 Å². The van der Waals surface area contributed by atoms with Crippen molar-refractivity contribution in [3.63, 3.8) is 0 Å². The van der Waals surface area contributed by atoms with Gasteiger partial charge in [-0.05, 0) is 31.7 Å². The van der Waals surface area contributed by atoms with Crippen LogP contribution in [0.25, 0.3) is 0 Å². The summed E-state index contributed by atoms with van der Waals surface area (Å²) < 4.78 is 0. The van der Waals surface area contributed by atoms with E-state index in [0.29, 0.717) is 25.7 Å². The Balaban J connectivity index is 2.06. The van der Waals surface area contributed by atoms with Crippen molar-refractivity contribution < 1.29 is 14.8 Å². The Bertz CT molecular complexity index is 481. The van der Waals surface area contributed by atoms with E-state index >= 15 is 0 Å². The van der Waals surface area contributed by atoms with Gasteiger partial charge in [0.15, 0.2) is 0 Å². The molecule has 1 aromatic rings. The molecule has 0 spiro atoms. The number of benzene rings is 1. The molecule has 0 heterocycles. The average Bonchev–Trinajstić information content (AvgIpc) is 2.41. The summed E-state index contributed by atoms with van der Waals surface area (Å²) in [6.45, 7) is 0. The number of nitrogens with zero attached hydrogens (tertiary/aromatic N) is 1. The maximum absolute atomic E-state index is 12.0. The van der Waals surface area contributed by atoms with Crippen LogP contribution in [0, 0.1) is 10.1 Å². The predicted molar refractivity (Wildman–Crippen MR) is 68.8 cm³/mol. The minimum atomic E-state index is -0.556. The lowest BCUT2D eigenvalue weighted by molar-refractivity contribution is -0.385. The number of carbonyl (C=O) groups is 1. The standard InChI is InChI=1S/C13H16N2O4/c16-10-7-5-9(6-8-10)14-13(17)11-3-1-2-4-12(11)15(18)19/h1-4,9-10,16H,5-8H2,(H,14,17). The zero-order chi connectivity index (χ0) is 13.8. The van der Waals surface area contributed by atoms with Gasteiger partial charge in [0.1, 0.15) is 5.56 Å². The van der Waals surface area contributed by atoms with Crippen LogP contribution in [0.1, 0.15) is 36.0 Å². The second-order valence-electron chi connectivity index (χ2n) is 4.75. The largest absolute Gasteiger partial charge is 0.393 e. The molecule has 1 aliphatic rings. The first-order chi connectivity index (χ1) is 9.08. The van der Waals surface area contributed by atoms with Crippen molar-refractivity contribution in [2.24, 2.45) is 0 Å². The van der Waals surface area contributed by atoms with Crippen LogP contribution in [0.2, 0.25) is 0 Å². The van der Waals surface area contributed by atoms with Crippen LogP contribution in [0.3, 0.4) is 0 Å². The molecule has 1 fully saturated rings. The van der Waals surface area contributed by atoms with E-state index in [1.54, 1.807) is 6.07 Å². The highest BCUT2D eigenvalue weighted by Crippen LogP contribution is 2.21. The Morgan fingerprint density at radius 1 is 1.26 bits per heavy atom. The second kappa shape index (κ2) is 5.79. The summed E-state index contributed by atoms with van der Waals surface area (Å²) in [6, 6.07) is 5.89. The van der Waals surface area contributed by atoms with Gasteiger partial charge < -0.3 is 10.4 Å². The Morgan fingerprint density at radius 3 is 2.53 bits per heavy atom. The van der Waals surface area contributed by atoms with Crippen molar-refractivity contribution >= 4 is 11.6 Å². The van der Waals surface area contributed by atoms with Crippen molar-refractivity contribution in [2.45, 2.75) is 37.8 Å². The fourth-order valence-corrected chi connectivity index (χ4v) is 2.31. The van der Waals surface area contributed by atoms with Gasteiger partial charge in [0.05, 0.1) is 11.0 Å². The predicted octanol–water partition coefficient (Wildman–Crippen LogP) is 1.63. The Hall–Kier alpha value is -1.95. The van der Waals surface area contributed by atoms with Crippen LogP contribution >= 0.6 is 0 Å². The minimum Gasteiger partial charge on any atom is -0.393 e. The Kier molecular flexibility index (Phi) is 4.11. The monoisotopic (exact) mass is 264 g/mol. The molecule has 1 amide bonds. The maximum Gasteiger partial charge on any atom is 0.282 e. The fraction of sp³-hybridized carbons (Fsp3) is 0.462. The number of aliphatic hydroxyl groups is 1. The van der Waals surface area contributed by atoms with Crippen molar-refractivity contribution in [1.82, 2.24) is 5.32 Å². The maximum atomic E-state index is 12.0. The Morgan fingerprint density at radius 2 is 1.89 bits per heavy atom. The van der Waals surface area contributed by atoms with E-state index in [1.165, 1.54) is 18.2 Å². The van der Waals surface area contributed by atoms with Gasteiger partial charge in [-0.15, -0.1) is 0 Å². The van der Waals surface area contributed by atoms with E-state index in [-0.39, 0.29) is 23.4 Å². The quantitative estimate of drug-likeness (QED) is 0.641. The summed E-state index contributed by atoms with van der Waals surface area (Å²) >= 11 is 0. The lowest BCUT2D eigenvalue weighted by atomic mass is 9.93. The second-order valence-corrected chi connectivity index (χ2v) is 4.75. The third kappa shape index (κ3) is 3.29. The third-order valence-corrected chi connectivity index (χ3v) is 3.38. The van der Waals surface area contributed by atoms with E-state index in [0.717, 1.165) is 0 Å². The number of hydrogen-bond donors (Lipinski definition) is 2. The molecular weight excluding hydrogens is 248 g/mol. The number of nitro groups is 1. The number of hydrogen-bond acceptors (Lipinski definition) is 4. The molecule has 2 N–H and O–H groups in total. The van der Waals surface area contributed by atoms with Gasteiger partial charge in [-0.2, -0.15) is 0 Å². The van der Waals surface area contributed by atoms with Crippen molar-refractivity contribution in [3.05, 3.63) is 39.9 Å². The first-order valence-corrected chi connectivity index (χ1v) is 6.30. The molecule has 1 aromatic carbocycles. The average molecular weight is 264 g/mol. The number of para-hydroxylation sites is 1. The van der Waals surface area contributed by atoms with Crippen LogP contribution in [0.5, 0.6) is 0 Å². The van der Waals surface area contributed by atoms with Crippen molar-refractivity contribution in [1.29, 1.82) is 0 Å². The summed E-state index contributed by atoms with van der Waals surface area (Å²) in [4.78, 5) is 22.3. The molecule has 2 rings (SSSR count). The summed E-state index contributed by atoms with van der Waals surface area (Å²) in [7, 11) is 0. The highest BCUT2D eigenvalue weighted by molar-refractivity contribution is 5.98. The molecule has 0 bridgehead atoms. The molecule has 19 heavy (non-hydrogen) atoms. The summed E-state index contributed by atoms with van der Waals surface area (Å²) in [5.41, 5.74) is -0.102. The third-order valence-electron chi connectivity index (χ3n) is 3.38. The molecule has 0 aromatic heterocycles. The minimum absolute atomic E-state index is 0.0179. The molecule has 0 radical (unpaired) electrons. The van der Waals surface area contributed by atoms with Gasteiger partial charge in [-0.1, -0.05) is 12.1 Å².